The van der Waals surface area contributed by atoms with Crippen LogP contribution in [0.4, 0.5) is 0 Å². The molecule has 0 N–H and O–H groups in total. The van der Waals surface area contributed by atoms with Gasteiger partial charge in [-0.25, -0.2) is 0 Å². The van der Waals surface area contributed by atoms with Crippen molar-refractivity contribution in [2.45, 2.75) is 12.4 Å². The van der Waals surface area contributed by atoms with Gasteiger partial charge in [0.05, 0.1) is 0 Å². The van der Waals surface area contributed by atoms with Gasteiger partial charge in [-0.2, -0.15) is 0 Å². The molecule has 0 spiro atoms. The van der Waals surface area contributed by atoms with Crippen LogP contribution in [0.3, 0.4) is 0 Å². The van der Waals surface area contributed by atoms with Gasteiger partial charge in [-0.15, -0.1) is 0 Å². The molecule has 0 heterocycles. The fourth-order valence-corrected chi connectivity index (χ4v) is 2.33. The SMILES string of the molecule is S=C(OCc1ccccc1)SCc1ccccc1. The summed E-state index contributed by atoms with van der Waals surface area (Å²) in [5, 5.41) is 0. The molecule has 0 unspecified atom stereocenters. The Kier molecular flexibility index (Phi) is 5.24. The minimum absolute atomic E-state index is 0.543. The quantitative estimate of drug-likeness (QED) is 0.764. The Morgan fingerprint density at radius 2 is 1.44 bits per heavy atom. The Morgan fingerprint density at radius 1 is 0.889 bits per heavy atom. The third-order valence-electron chi connectivity index (χ3n) is 2.40. The van der Waals surface area contributed by atoms with Crippen LogP contribution in [0.5, 0.6) is 0 Å². The van der Waals surface area contributed by atoms with Crippen molar-refractivity contribution in [3.05, 3.63) is 71.8 Å². The Labute approximate surface area is 117 Å². The monoisotopic (exact) mass is 274 g/mol. The molecule has 0 bridgehead atoms. The van der Waals surface area contributed by atoms with Crippen LogP contribution < -0.4 is 0 Å². The smallest absolute Gasteiger partial charge is 0.220 e. The van der Waals surface area contributed by atoms with Crippen molar-refractivity contribution in [1.29, 1.82) is 0 Å². The zero-order chi connectivity index (χ0) is 12.6. The summed E-state index contributed by atoms with van der Waals surface area (Å²) in [6, 6.07) is 20.3. The normalized spacial score (nSPS) is 10.0. The Hall–Kier alpha value is -1.32. The number of benzene rings is 2. The first-order chi connectivity index (χ1) is 8.84. The predicted molar refractivity (Wildman–Crippen MR) is 81.6 cm³/mol. The van der Waals surface area contributed by atoms with Crippen LogP contribution in [0.25, 0.3) is 0 Å². The van der Waals surface area contributed by atoms with E-state index in [4.69, 9.17) is 17.0 Å². The van der Waals surface area contributed by atoms with Gasteiger partial charge in [0, 0.05) is 5.75 Å². The summed E-state index contributed by atoms with van der Waals surface area (Å²) < 4.78 is 6.14. The second kappa shape index (κ2) is 7.19. The first kappa shape index (κ1) is 13.1. The molecule has 0 saturated heterocycles. The Bertz CT molecular complexity index is 437. The maximum atomic E-state index is 5.54. The number of thiocarbonyl (C=S) groups is 1. The van der Waals surface area contributed by atoms with Crippen molar-refractivity contribution >= 4 is 28.4 Å². The number of thioether (sulfide) groups is 1. The molecule has 0 atom stereocenters. The van der Waals surface area contributed by atoms with Crippen LogP contribution >= 0.6 is 24.0 Å². The van der Waals surface area contributed by atoms with Crippen LogP contribution in [0.15, 0.2) is 60.7 Å². The van der Waals surface area contributed by atoms with Crippen molar-refractivity contribution in [3.63, 3.8) is 0 Å². The van der Waals surface area contributed by atoms with Crippen molar-refractivity contribution < 1.29 is 4.74 Å². The number of ether oxygens (including phenoxy) is 1. The molecule has 2 rings (SSSR count). The van der Waals surface area contributed by atoms with Crippen molar-refractivity contribution in [2.24, 2.45) is 0 Å². The molecular weight excluding hydrogens is 260 g/mol. The van der Waals surface area contributed by atoms with Gasteiger partial charge in [0.1, 0.15) is 6.61 Å². The third-order valence-corrected chi connectivity index (χ3v) is 3.70. The molecule has 0 fully saturated rings. The van der Waals surface area contributed by atoms with Gasteiger partial charge >= 0.3 is 0 Å². The van der Waals surface area contributed by atoms with Crippen LogP contribution in [0.2, 0.25) is 0 Å². The second-order valence-electron chi connectivity index (χ2n) is 3.80. The van der Waals surface area contributed by atoms with E-state index < -0.39 is 0 Å². The molecule has 0 radical (unpaired) electrons. The Morgan fingerprint density at radius 3 is 2.06 bits per heavy atom. The van der Waals surface area contributed by atoms with E-state index in [0.29, 0.717) is 11.0 Å². The fourth-order valence-electron chi connectivity index (χ4n) is 1.47. The predicted octanol–water partition coefficient (Wildman–Crippen LogP) is 4.42. The average Bonchev–Trinajstić information content (AvgIpc) is 2.45. The average molecular weight is 274 g/mol. The number of rotatable bonds is 4. The van der Waals surface area contributed by atoms with Gasteiger partial charge in [0.25, 0.3) is 0 Å². The van der Waals surface area contributed by atoms with Gasteiger partial charge in [0.2, 0.25) is 4.38 Å². The highest BCUT2D eigenvalue weighted by molar-refractivity contribution is 8.22. The standard InChI is InChI=1S/C15H14OS2/c17-15(16-11-13-7-3-1-4-8-13)18-12-14-9-5-2-6-10-14/h1-10H,11-12H2. The van der Waals surface area contributed by atoms with Gasteiger partial charge < -0.3 is 4.74 Å². The summed E-state index contributed by atoms with van der Waals surface area (Å²) in [4.78, 5) is 0. The molecule has 2 aromatic rings. The molecule has 0 amide bonds. The lowest BCUT2D eigenvalue weighted by molar-refractivity contribution is 0.310. The highest BCUT2D eigenvalue weighted by Gasteiger charge is 2.00. The van der Waals surface area contributed by atoms with Gasteiger partial charge in [-0.05, 0) is 23.3 Å². The molecule has 3 heteroatoms. The molecule has 0 aliphatic rings. The van der Waals surface area contributed by atoms with Gasteiger partial charge in [-0.1, -0.05) is 72.4 Å². The van der Waals surface area contributed by atoms with Crippen LogP contribution in [-0.4, -0.2) is 4.38 Å². The zero-order valence-electron chi connectivity index (χ0n) is 9.91. The molecule has 18 heavy (non-hydrogen) atoms. The lowest BCUT2D eigenvalue weighted by atomic mass is 10.2. The van der Waals surface area contributed by atoms with Gasteiger partial charge in [0.15, 0.2) is 0 Å². The minimum atomic E-state index is 0.543. The van der Waals surface area contributed by atoms with E-state index in [0.717, 1.165) is 11.3 Å². The van der Waals surface area contributed by atoms with Crippen LogP contribution in [0, 0.1) is 0 Å². The van der Waals surface area contributed by atoms with Crippen molar-refractivity contribution in [1.82, 2.24) is 0 Å². The van der Waals surface area contributed by atoms with E-state index in [2.05, 4.69) is 12.1 Å². The summed E-state index contributed by atoms with van der Waals surface area (Å²) in [5.74, 6) is 0.856. The van der Waals surface area contributed by atoms with E-state index in [9.17, 15) is 0 Å². The van der Waals surface area contributed by atoms with E-state index in [1.807, 2.05) is 48.5 Å². The topological polar surface area (TPSA) is 9.23 Å². The summed E-state index contributed by atoms with van der Waals surface area (Å²) in [6.45, 7) is 0.543. The largest absolute Gasteiger partial charge is 0.474 e. The Balaban J connectivity index is 1.73. The summed E-state index contributed by atoms with van der Waals surface area (Å²) in [5.41, 5.74) is 2.40. The van der Waals surface area contributed by atoms with Crippen LogP contribution in [0.1, 0.15) is 11.1 Å². The number of hydrogen-bond acceptors (Lipinski definition) is 3. The van der Waals surface area contributed by atoms with E-state index in [-0.39, 0.29) is 0 Å². The lowest BCUT2D eigenvalue weighted by Crippen LogP contribution is -1.98. The molecule has 2 aromatic carbocycles. The van der Waals surface area contributed by atoms with E-state index in [1.54, 1.807) is 11.8 Å². The number of hydrogen-bond donors (Lipinski definition) is 0. The second-order valence-corrected chi connectivity index (χ2v) is 5.38. The molecule has 0 aliphatic heterocycles. The summed E-state index contributed by atoms with van der Waals surface area (Å²) in [6.07, 6.45) is 0. The van der Waals surface area contributed by atoms with E-state index >= 15 is 0 Å². The van der Waals surface area contributed by atoms with Gasteiger partial charge in [-0.3, -0.25) is 0 Å². The minimum Gasteiger partial charge on any atom is -0.474 e. The highest BCUT2D eigenvalue weighted by atomic mass is 32.2. The maximum Gasteiger partial charge on any atom is 0.220 e. The third kappa shape index (κ3) is 4.51. The maximum absolute atomic E-state index is 5.54. The van der Waals surface area contributed by atoms with Crippen molar-refractivity contribution in [2.75, 3.05) is 0 Å². The van der Waals surface area contributed by atoms with Crippen molar-refractivity contribution in [3.8, 4) is 0 Å². The molecular formula is C15H14OS2. The van der Waals surface area contributed by atoms with E-state index in [1.165, 1.54) is 5.56 Å². The molecule has 92 valence electrons. The summed E-state index contributed by atoms with van der Waals surface area (Å²) in [7, 11) is 0. The lowest BCUT2D eigenvalue weighted by Gasteiger charge is -2.07. The first-order valence-corrected chi connectivity index (χ1v) is 7.11. The zero-order valence-corrected chi connectivity index (χ0v) is 11.5. The molecule has 0 saturated carbocycles. The highest BCUT2D eigenvalue weighted by Crippen LogP contribution is 2.15. The fraction of sp³-hybridized carbons (Fsp3) is 0.133. The first-order valence-electron chi connectivity index (χ1n) is 5.72. The molecule has 1 nitrogen and oxygen atoms in total. The molecule has 0 aliphatic carbocycles. The molecule has 0 aromatic heterocycles. The van der Waals surface area contributed by atoms with Crippen LogP contribution in [-0.2, 0) is 17.1 Å². The summed E-state index contributed by atoms with van der Waals surface area (Å²) >= 11 is 6.75.